The lowest BCUT2D eigenvalue weighted by atomic mass is 9.89. The normalized spacial score (nSPS) is 37.0. The van der Waals surface area contributed by atoms with Gasteiger partial charge in [0.05, 0.1) is 0 Å². The molecule has 0 aromatic carbocycles. The van der Waals surface area contributed by atoms with Gasteiger partial charge < -0.3 is 5.32 Å². The summed E-state index contributed by atoms with van der Waals surface area (Å²) in [4.78, 5) is 2.73. The summed E-state index contributed by atoms with van der Waals surface area (Å²) in [6, 6.07) is 0.858. The summed E-state index contributed by atoms with van der Waals surface area (Å²) < 4.78 is 0. The van der Waals surface area contributed by atoms with E-state index >= 15 is 0 Å². The van der Waals surface area contributed by atoms with Crippen molar-refractivity contribution >= 4 is 11.8 Å². The van der Waals surface area contributed by atoms with Crippen molar-refractivity contribution in [3.63, 3.8) is 0 Å². The smallest absolute Gasteiger partial charge is 0.0219 e. The third-order valence-corrected chi connectivity index (χ3v) is 5.62. The minimum atomic E-state index is 0.394. The molecule has 2 aliphatic rings. The van der Waals surface area contributed by atoms with Crippen molar-refractivity contribution in [1.29, 1.82) is 0 Å². The molecule has 2 atom stereocenters. The molecular weight excluding hydrogens is 204 g/mol. The molecule has 15 heavy (non-hydrogen) atoms. The lowest BCUT2D eigenvalue weighted by Crippen LogP contribution is -2.53. The zero-order chi connectivity index (χ0) is 10.9. The molecule has 2 heterocycles. The second-order valence-electron chi connectivity index (χ2n) is 5.28. The molecule has 0 amide bonds. The van der Waals surface area contributed by atoms with Crippen molar-refractivity contribution in [3.8, 4) is 0 Å². The summed E-state index contributed by atoms with van der Waals surface area (Å²) in [6.45, 7) is 7.32. The largest absolute Gasteiger partial charge is 0.314 e. The van der Waals surface area contributed by atoms with Crippen LogP contribution in [-0.2, 0) is 0 Å². The van der Waals surface area contributed by atoms with E-state index in [0.29, 0.717) is 5.54 Å². The van der Waals surface area contributed by atoms with Crippen molar-refractivity contribution in [1.82, 2.24) is 10.2 Å². The highest BCUT2D eigenvalue weighted by Gasteiger charge is 2.35. The molecule has 1 N–H and O–H groups in total. The van der Waals surface area contributed by atoms with Crippen LogP contribution in [0.1, 0.15) is 33.1 Å². The van der Waals surface area contributed by atoms with Crippen molar-refractivity contribution < 1.29 is 0 Å². The van der Waals surface area contributed by atoms with Crippen LogP contribution in [0.2, 0.25) is 0 Å². The molecule has 0 radical (unpaired) electrons. The molecule has 3 heteroatoms. The minimum absolute atomic E-state index is 0.394. The van der Waals surface area contributed by atoms with Crippen LogP contribution in [0.5, 0.6) is 0 Å². The van der Waals surface area contributed by atoms with E-state index in [2.05, 4.69) is 42.9 Å². The quantitative estimate of drug-likeness (QED) is 0.778. The molecular formula is C12H24N2S. The van der Waals surface area contributed by atoms with E-state index < -0.39 is 0 Å². The maximum Gasteiger partial charge on any atom is 0.0219 e. The lowest BCUT2D eigenvalue weighted by molar-refractivity contribution is 0.111. The van der Waals surface area contributed by atoms with Crippen molar-refractivity contribution in [2.24, 2.45) is 0 Å². The van der Waals surface area contributed by atoms with Crippen LogP contribution in [0, 0.1) is 0 Å². The van der Waals surface area contributed by atoms with Gasteiger partial charge in [0.2, 0.25) is 0 Å². The molecule has 2 saturated heterocycles. The summed E-state index contributed by atoms with van der Waals surface area (Å²) in [7, 11) is 2.10. The number of hydrogen-bond donors (Lipinski definition) is 1. The van der Waals surface area contributed by atoms with E-state index in [0.717, 1.165) is 11.3 Å². The number of nitrogens with zero attached hydrogens (tertiary/aromatic N) is 1. The summed E-state index contributed by atoms with van der Waals surface area (Å²) in [5.74, 6) is 1.37. The average Bonchev–Trinajstić information content (AvgIpc) is 2.66. The first-order chi connectivity index (χ1) is 7.14. The number of rotatable bonds is 2. The highest BCUT2D eigenvalue weighted by Crippen LogP contribution is 2.33. The van der Waals surface area contributed by atoms with Crippen LogP contribution in [0.15, 0.2) is 0 Å². The standard InChI is InChI=1S/C12H24N2S/c1-10-11(4-9-15-10)14-7-5-12(2,13-3)6-8-14/h10-11,13H,4-9H2,1-3H3. The summed E-state index contributed by atoms with van der Waals surface area (Å²) in [5, 5.41) is 4.32. The predicted octanol–water partition coefficient (Wildman–Crippen LogP) is 1.95. The molecule has 0 aliphatic carbocycles. The third-order valence-electron chi connectivity index (χ3n) is 4.31. The number of nitrogens with one attached hydrogen (secondary N) is 1. The molecule has 0 aromatic heterocycles. The molecule has 0 saturated carbocycles. The fourth-order valence-corrected chi connectivity index (χ4v) is 4.08. The monoisotopic (exact) mass is 228 g/mol. The van der Waals surface area contributed by atoms with Gasteiger partial charge in [-0.15, -0.1) is 0 Å². The maximum absolute atomic E-state index is 3.47. The van der Waals surface area contributed by atoms with E-state index in [1.165, 1.54) is 38.1 Å². The second kappa shape index (κ2) is 4.64. The topological polar surface area (TPSA) is 15.3 Å². The Morgan fingerprint density at radius 1 is 1.33 bits per heavy atom. The predicted molar refractivity (Wildman–Crippen MR) is 68.6 cm³/mol. The number of hydrogen-bond acceptors (Lipinski definition) is 3. The molecule has 2 aliphatic heterocycles. The Morgan fingerprint density at radius 3 is 2.47 bits per heavy atom. The third kappa shape index (κ3) is 2.51. The van der Waals surface area contributed by atoms with Crippen molar-refractivity contribution in [2.75, 3.05) is 25.9 Å². The number of likely N-dealkylation sites (tertiary alicyclic amines) is 1. The van der Waals surface area contributed by atoms with Gasteiger partial charge in [-0.2, -0.15) is 11.8 Å². The Kier molecular flexibility index (Phi) is 3.63. The first-order valence-corrected chi connectivity index (χ1v) is 7.24. The second-order valence-corrected chi connectivity index (χ2v) is 6.76. The van der Waals surface area contributed by atoms with Gasteiger partial charge in [-0.1, -0.05) is 6.92 Å². The van der Waals surface area contributed by atoms with Gasteiger partial charge in [0, 0.05) is 29.9 Å². The Bertz CT molecular complexity index is 212. The average molecular weight is 228 g/mol. The van der Waals surface area contributed by atoms with E-state index in [9.17, 15) is 0 Å². The van der Waals surface area contributed by atoms with E-state index in [1.807, 2.05) is 0 Å². The maximum atomic E-state index is 3.47. The van der Waals surface area contributed by atoms with Crippen LogP contribution in [-0.4, -0.2) is 47.6 Å². The fraction of sp³-hybridized carbons (Fsp3) is 1.00. The van der Waals surface area contributed by atoms with Gasteiger partial charge in [-0.05, 0) is 39.0 Å². The van der Waals surface area contributed by atoms with E-state index in [4.69, 9.17) is 0 Å². The van der Waals surface area contributed by atoms with Gasteiger partial charge in [0.15, 0.2) is 0 Å². The Labute approximate surface area is 98.2 Å². The van der Waals surface area contributed by atoms with Crippen LogP contribution in [0.4, 0.5) is 0 Å². The zero-order valence-electron chi connectivity index (χ0n) is 10.3. The molecule has 2 fully saturated rings. The number of piperidine rings is 1. The SMILES string of the molecule is CNC1(C)CCN(C2CCSC2C)CC1. The van der Waals surface area contributed by atoms with Gasteiger partial charge in [0.1, 0.15) is 0 Å². The zero-order valence-corrected chi connectivity index (χ0v) is 11.1. The van der Waals surface area contributed by atoms with Crippen LogP contribution in [0.3, 0.4) is 0 Å². The molecule has 2 rings (SSSR count). The van der Waals surface area contributed by atoms with Gasteiger partial charge in [0.25, 0.3) is 0 Å². The van der Waals surface area contributed by atoms with Gasteiger partial charge in [-0.3, -0.25) is 4.90 Å². The molecule has 2 unspecified atom stereocenters. The summed E-state index contributed by atoms with van der Waals surface area (Å²) >= 11 is 2.15. The van der Waals surface area contributed by atoms with Crippen LogP contribution in [0.25, 0.3) is 0 Å². The minimum Gasteiger partial charge on any atom is -0.314 e. The van der Waals surface area contributed by atoms with Crippen LogP contribution < -0.4 is 5.32 Å². The molecule has 0 bridgehead atoms. The highest BCUT2D eigenvalue weighted by molar-refractivity contribution is 8.00. The first kappa shape index (κ1) is 11.7. The summed E-state index contributed by atoms with van der Waals surface area (Å²) in [5.41, 5.74) is 0.394. The lowest BCUT2D eigenvalue weighted by Gasteiger charge is -2.42. The highest BCUT2D eigenvalue weighted by atomic mass is 32.2. The molecule has 0 spiro atoms. The van der Waals surface area contributed by atoms with Crippen molar-refractivity contribution in [2.45, 2.75) is 49.9 Å². The fourth-order valence-electron chi connectivity index (χ4n) is 2.80. The van der Waals surface area contributed by atoms with Gasteiger partial charge in [-0.25, -0.2) is 0 Å². The molecule has 2 nitrogen and oxygen atoms in total. The van der Waals surface area contributed by atoms with Gasteiger partial charge >= 0.3 is 0 Å². The molecule has 88 valence electrons. The van der Waals surface area contributed by atoms with Crippen LogP contribution >= 0.6 is 11.8 Å². The number of thioether (sulfide) groups is 1. The Hall–Kier alpha value is 0.270. The summed E-state index contributed by atoms with van der Waals surface area (Å²) in [6.07, 6.45) is 4.01. The Morgan fingerprint density at radius 2 is 2.00 bits per heavy atom. The molecule has 0 aromatic rings. The van der Waals surface area contributed by atoms with E-state index in [1.54, 1.807) is 0 Å². The van der Waals surface area contributed by atoms with Crippen molar-refractivity contribution in [3.05, 3.63) is 0 Å². The first-order valence-electron chi connectivity index (χ1n) is 6.19. The van der Waals surface area contributed by atoms with E-state index in [-0.39, 0.29) is 0 Å². The Balaban J connectivity index is 1.88.